The van der Waals surface area contributed by atoms with E-state index < -0.39 is 0 Å². The van der Waals surface area contributed by atoms with Crippen LogP contribution in [0.4, 0.5) is 5.13 Å². The zero-order valence-corrected chi connectivity index (χ0v) is 11.3. The molecule has 0 bridgehead atoms. The summed E-state index contributed by atoms with van der Waals surface area (Å²) < 4.78 is 0. The van der Waals surface area contributed by atoms with Crippen LogP contribution in [0.2, 0.25) is 0 Å². The largest absolute Gasteiger partial charge is 0.343 e. The summed E-state index contributed by atoms with van der Waals surface area (Å²) in [7, 11) is 0. The smallest absolute Gasteiger partial charge is 0.185 e. The molecule has 2 nitrogen and oxygen atoms in total. The highest BCUT2D eigenvalue weighted by atomic mass is 35.5. The summed E-state index contributed by atoms with van der Waals surface area (Å²) in [6.45, 7) is 3.70. The summed E-state index contributed by atoms with van der Waals surface area (Å²) in [4.78, 5) is 6.73. The van der Waals surface area contributed by atoms with E-state index in [1.54, 1.807) is 11.3 Å². The predicted molar refractivity (Wildman–Crippen MR) is 75.1 cm³/mol. The Morgan fingerprint density at radius 1 is 1.29 bits per heavy atom. The van der Waals surface area contributed by atoms with Gasteiger partial charge in [-0.05, 0) is 12.5 Å². The van der Waals surface area contributed by atoms with Gasteiger partial charge in [-0.15, -0.1) is 22.9 Å². The minimum absolute atomic E-state index is 0.617. The molecule has 2 rings (SSSR count). The lowest BCUT2D eigenvalue weighted by Crippen LogP contribution is -2.24. The summed E-state index contributed by atoms with van der Waals surface area (Å²) in [5, 5.41) is 3.12. The predicted octanol–water partition coefficient (Wildman–Crippen LogP) is 3.70. The first-order valence-corrected chi connectivity index (χ1v) is 6.98. The van der Waals surface area contributed by atoms with Gasteiger partial charge in [-0.25, -0.2) is 4.98 Å². The summed E-state index contributed by atoms with van der Waals surface area (Å²) in [5.41, 5.74) is 2.35. The average Bonchev–Trinajstić information content (AvgIpc) is 2.77. The van der Waals surface area contributed by atoms with Crippen molar-refractivity contribution in [1.82, 2.24) is 4.98 Å². The van der Waals surface area contributed by atoms with Crippen molar-refractivity contribution in [3.8, 4) is 0 Å². The summed E-state index contributed by atoms with van der Waals surface area (Å²) >= 11 is 7.53. The number of benzene rings is 1. The van der Waals surface area contributed by atoms with Crippen molar-refractivity contribution in [2.24, 2.45) is 0 Å². The molecule has 0 amide bonds. The number of thiazole rings is 1. The molecule has 0 radical (unpaired) electrons. The number of hydrogen-bond acceptors (Lipinski definition) is 3. The number of nitrogens with zero attached hydrogens (tertiary/aromatic N) is 2. The van der Waals surface area contributed by atoms with Crippen molar-refractivity contribution in [3.63, 3.8) is 0 Å². The third-order valence-corrected chi connectivity index (χ3v) is 3.64. The minimum atomic E-state index is 0.617. The second-order valence-corrected chi connectivity index (χ2v) is 5.08. The van der Waals surface area contributed by atoms with E-state index in [0.717, 1.165) is 23.9 Å². The van der Waals surface area contributed by atoms with Crippen LogP contribution in [-0.4, -0.2) is 17.4 Å². The van der Waals surface area contributed by atoms with E-state index in [9.17, 15) is 0 Å². The van der Waals surface area contributed by atoms with Gasteiger partial charge >= 0.3 is 0 Å². The van der Waals surface area contributed by atoms with E-state index >= 15 is 0 Å². The Balaban J connectivity index is 2.13. The maximum absolute atomic E-state index is 5.85. The second-order valence-electron chi connectivity index (χ2n) is 3.87. The van der Waals surface area contributed by atoms with Crippen molar-refractivity contribution in [2.75, 3.05) is 17.3 Å². The van der Waals surface area contributed by atoms with E-state index in [1.807, 2.05) is 13.0 Å². The normalized spacial score (nSPS) is 10.5. The zero-order valence-electron chi connectivity index (χ0n) is 9.77. The van der Waals surface area contributed by atoms with Gasteiger partial charge in [0, 0.05) is 24.3 Å². The Bertz CT molecular complexity index is 455. The molecule has 0 N–H and O–H groups in total. The van der Waals surface area contributed by atoms with Gasteiger partial charge in [-0.2, -0.15) is 0 Å². The van der Waals surface area contributed by atoms with Crippen LogP contribution in [0.25, 0.3) is 0 Å². The quantitative estimate of drug-likeness (QED) is 0.767. The highest BCUT2D eigenvalue weighted by Gasteiger charge is 2.10. The molecule has 0 saturated heterocycles. The molecule has 17 heavy (non-hydrogen) atoms. The highest BCUT2D eigenvalue weighted by molar-refractivity contribution is 7.13. The Labute approximate surface area is 111 Å². The molecular weight excluding hydrogens is 252 g/mol. The molecule has 0 saturated carbocycles. The molecule has 0 atom stereocenters. The summed E-state index contributed by atoms with van der Waals surface area (Å²) in [5.74, 6) is 0.617. The Morgan fingerprint density at radius 3 is 2.65 bits per heavy atom. The molecule has 1 heterocycles. The fourth-order valence-corrected chi connectivity index (χ4v) is 2.67. The maximum Gasteiger partial charge on any atom is 0.185 e. The number of hydrogen-bond donors (Lipinski definition) is 0. The van der Waals surface area contributed by atoms with Gasteiger partial charge in [0.2, 0.25) is 0 Å². The molecule has 1 aromatic heterocycles. The Kier molecular flexibility index (Phi) is 4.40. The zero-order chi connectivity index (χ0) is 12.1. The Morgan fingerprint density at radius 2 is 2.06 bits per heavy atom. The lowest BCUT2D eigenvalue weighted by Gasteiger charge is -2.20. The Hall–Kier alpha value is -1.06. The van der Waals surface area contributed by atoms with Crippen LogP contribution < -0.4 is 4.90 Å². The van der Waals surface area contributed by atoms with Crippen LogP contribution >= 0.6 is 22.9 Å². The van der Waals surface area contributed by atoms with Gasteiger partial charge in [0.1, 0.15) is 0 Å². The van der Waals surface area contributed by atoms with Gasteiger partial charge in [0.15, 0.2) is 5.13 Å². The standard InChI is InChI=1S/C13H15ClN2S/c1-11-10-17-13(15-11)16(8-7-14)9-12-5-3-2-4-6-12/h2-6,10H,7-9H2,1H3. The van der Waals surface area contributed by atoms with E-state index in [1.165, 1.54) is 5.56 Å². The summed E-state index contributed by atoms with van der Waals surface area (Å²) in [6.07, 6.45) is 0. The second kappa shape index (κ2) is 6.03. The number of alkyl halides is 1. The SMILES string of the molecule is Cc1csc(N(CCCl)Cc2ccccc2)n1. The van der Waals surface area contributed by atoms with Gasteiger partial charge in [0.05, 0.1) is 5.69 Å². The molecule has 0 fully saturated rings. The minimum Gasteiger partial charge on any atom is -0.343 e. The van der Waals surface area contributed by atoms with Crippen molar-refractivity contribution < 1.29 is 0 Å². The van der Waals surface area contributed by atoms with Crippen LogP contribution in [0.5, 0.6) is 0 Å². The molecule has 90 valence electrons. The van der Waals surface area contributed by atoms with Gasteiger partial charge in [-0.3, -0.25) is 0 Å². The first-order chi connectivity index (χ1) is 8.29. The average molecular weight is 267 g/mol. The van der Waals surface area contributed by atoms with Crippen LogP contribution in [-0.2, 0) is 6.54 Å². The number of halogens is 1. The third-order valence-electron chi connectivity index (χ3n) is 2.45. The molecule has 2 aromatic rings. The lowest BCUT2D eigenvalue weighted by atomic mass is 10.2. The van der Waals surface area contributed by atoms with E-state index in [0.29, 0.717) is 5.88 Å². The van der Waals surface area contributed by atoms with Gasteiger partial charge < -0.3 is 4.90 Å². The molecule has 4 heteroatoms. The van der Waals surface area contributed by atoms with Crippen molar-refractivity contribution in [1.29, 1.82) is 0 Å². The van der Waals surface area contributed by atoms with Crippen LogP contribution in [0.15, 0.2) is 35.7 Å². The number of aryl methyl sites for hydroxylation is 1. The topological polar surface area (TPSA) is 16.1 Å². The third kappa shape index (κ3) is 3.45. The van der Waals surface area contributed by atoms with Crippen LogP contribution in [0.1, 0.15) is 11.3 Å². The van der Waals surface area contributed by atoms with Gasteiger partial charge in [-0.1, -0.05) is 30.3 Å². The molecule has 1 aromatic carbocycles. The van der Waals surface area contributed by atoms with Crippen LogP contribution in [0, 0.1) is 6.92 Å². The molecule has 0 aliphatic carbocycles. The lowest BCUT2D eigenvalue weighted by molar-refractivity contribution is 0.828. The molecular formula is C13H15ClN2S. The summed E-state index contributed by atoms with van der Waals surface area (Å²) in [6, 6.07) is 10.4. The van der Waals surface area contributed by atoms with Crippen molar-refractivity contribution in [2.45, 2.75) is 13.5 Å². The maximum atomic E-state index is 5.85. The fraction of sp³-hybridized carbons (Fsp3) is 0.308. The number of aromatic nitrogens is 1. The number of rotatable bonds is 5. The van der Waals surface area contributed by atoms with Gasteiger partial charge in [0.25, 0.3) is 0 Å². The van der Waals surface area contributed by atoms with Crippen molar-refractivity contribution in [3.05, 3.63) is 47.0 Å². The van der Waals surface area contributed by atoms with Crippen LogP contribution in [0.3, 0.4) is 0 Å². The fourth-order valence-electron chi connectivity index (χ4n) is 1.63. The van der Waals surface area contributed by atoms with E-state index in [-0.39, 0.29) is 0 Å². The van der Waals surface area contributed by atoms with E-state index in [4.69, 9.17) is 11.6 Å². The molecule has 0 unspecified atom stereocenters. The molecule has 0 spiro atoms. The van der Waals surface area contributed by atoms with Crippen molar-refractivity contribution >= 4 is 28.1 Å². The monoisotopic (exact) mass is 266 g/mol. The molecule has 0 aliphatic rings. The highest BCUT2D eigenvalue weighted by Crippen LogP contribution is 2.22. The number of anilines is 1. The molecule has 0 aliphatic heterocycles. The first kappa shape index (κ1) is 12.4. The van der Waals surface area contributed by atoms with E-state index in [2.05, 4.69) is 39.5 Å². The first-order valence-electron chi connectivity index (χ1n) is 5.56.